The zero-order valence-corrected chi connectivity index (χ0v) is 24.5. The van der Waals surface area contributed by atoms with E-state index in [0.29, 0.717) is 16.9 Å². The molecule has 0 aliphatic carbocycles. The molecule has 1 aliphatic heterocycles. The molecule has 0 unspecified atom stereocenters. The first kappa shape index (κ1) is 28.6. The Balaban J connectivity index is 1.12. The van der Waals surface area contributed by atoms with Crippen LogP contribution in [-0.2, 0) is 23.0 Å². The third-order valence-corrected chi connectivity index (χ3v) is 9.20. The van der Waals surface area contributed by atoms with Gasteiger partial charge in [0.2, 0.25) is 0 Å². The first-order valence-corrected chi connectivity index (χ1v) is 15.6. The Morgan fingerprint density at radius 1 is 0.780 bits per heavy atom. The second kappa shape index (κ2) is 12.7. The summed E-state index contributed by atoms with van der Waals surface area (Å²) in [6.45, 7) is 6.79. The third kappa shape index (κ3) is 7.43. The summed E-state index contributed by atoms with van der Waals surface area (Å²) in [6.07, 6.45) is 3.56. The molecule has 0 radical (unpaired) electrons. The van der Waals surface area contributed by atoms with Gasteiger partial charge in [0.15, 0.2) is 0 Å². The zero-order chi connectivity index (χ0) is 28.8. The van der Waals surface area contributed by atoms with Crippen LogP contribution in [0.1, 0.15) is 45.5 Å². The van der Waals surface area contributed by atoms with Gasteiger partial charge in [0.1, 0.15) is 0 Å². The molecule has 1 saturated heterocycles. The number of anilines is 2. The van der Waals surface area contributed by atoms with Gasteiger partial charge in [-0.05, 0) is 111 Å². The van der Waals surface area contributed by atoms with Crippen LogP contribution in [0.5, 0.6) is 0 Å². The highest BCUT2D eigenvalue weighted by Gasteiger charge is 2.20. The van der Waals surface area contributed by atoms with Crippen molar-refractivity contribution in [2.75, 3.05) is 23.1 Å². The number of carbonyl (C=O) groups is 1. The smallest absolute Gasteiger partial charge is 0.261 e. The summed E-state index contributed by atoms with van der Waals surface area (Å²) in [5, 5.41) is 2.87. The average Bonchev–Trinajstić information content (AvgIpc) is 2.97. The van der Waals surface area contributed by atoms with Crippen LogP contribution in [0.15, 0.2) is 102 Å². The van der Waals surface area contributed by atoms with E-state index in [1.165, 1.54) is 36.1 Å². The molecule has 4 aromatic rings. The van der Waals surface area contributed by atoms with E-state index in [0.717, 1.165) is 43.1 Å². The number of hydrogen-bond acceptors (Lipinski definition) is 4. The third-order valence-electron chi connectivity index (χ3n) is 7.84. The fourth-order valence-electron chi connectivity index (χ4n) is 5.41. The highest BCUT2D eigenvalue weighted by molar-refractivity contribution is 7.92. The number of para-hydroxylation sites is 1. The van der Waals surface area contributed by atoms with Crippen molar-refractivity contribution in [3.05, 3.63) is 125 Å². The van der Waals surface area contributed by atoms with Crippen LogP contribution >= 0.6 is 0 Å². The highest BCUT2D eigenvalue weighted by atomic mass is 32.2. The van der Waals surface area contributed by atoms with E-state index in [9.17, 15) is 13.2 Å². The SMILES string of the molecule is Cc1cccc(C)c1NS(=O)(=O)c1ccc(NC(=O)c2ccc(CN3CCC(Cc4ccccc4)CC3)cc2)cc1. The van der Waals surface area contributed by atoms with Crippen LogP contribution in [0.2, 0.25) is 0 Å². The molecule has 5 rings (SSSR count). The van der Waals surface area contributed by atoms with Crippen LogP contribution in [-0.4, -0.2) is 32.3 Å². The standard InChI is InChI=1S/C34H37N3O3S/c1-25-7-6-8-26(2)33(25)36-41(39,40)32-17-15-31(16-18-32)35-34(38)30-13-11-29(12-14-30)24-37-21-19-28(20-22-37)23-27-9-4-3-5-10-27/h3-18,28,36H,19-24H2,1-2H3,(H,35,38). The van der Waals surface area contributed by atoms with E-state index >= 15 is 0 Å². The number of amides is 1. The largest absolute Gasteiger partial charge is 0.322 e. The van der Waals surface area contributed by atoms with Crippen molar-refractivity contribution < 1.29 is 13.2 Å². The summed E-state index contributed by atoms with van der Waals surface area (Å²) in [5.41, 5.74) is 5.99. The van der Waals surface area contributed by atoms with Gasteiger partial charge in [0.25, 0.3) is 15.9 Å². The van der Waals surface area contributed by atoms with E-state index in [4.69, 9.17) is 0 Å². The Labute approximate surface area is 243 Å². The number of carbonyl (C=O) groups excluding carboxylic acids is 1. The van der Waals surface area contributed by atoms with Gasteiger partial charge >= 0.3 is 0 Å². The summed E-state index contributed by atoms with van der Waals surface area (Å²) >= 11 is 0. The maximum absolute atomic E-state index is 12.9. The molecular weight excluding hydrogens is 530 g/mol. The molecule has 212 valence electrons. The lowest BCUT2D eigenvalue weighted by Crippen LogP contribution is -2.33. The number of benzene rings is 4. The van der Waals surface area contributed by atoms with E-state index in [2.05, 4.69) is 45.3 Å². The summed E-state index contributed by atoms with van der Waals surface area (Å²) in [7, 11) is -3.76. The number of nitrogens with one attached hydrogen (secondary N) is 2. The van der Waals surface area contributed by atoms with Gasteiger partial charge in [-0.3, -0.25) is 14.4 Å². The van der Waals surface area contributed by atoms with Crippen molar-refractivity contribution >= 4 is 27.3 Å². The van der Waals surface area contributed by atoms with Gasteiger partial charge < -0.3 is 5.32 Å². The number of aryl methyl sites for hydroxylation is 2. The molecule has 41 heavy (non-hydrogen) atoms. The van der Waals surface area contributed by atoms with Crippen LogP contribution in [0.25, 0.3) is 0 Å². The normalized spacial score (nSPS) is 14.5. The Morgan fingerprint density at radius 2 is 1.41 bits per heavy atom. The molecule has 1 amide bonds. The summed E-state index contributed by atoms with van der Waals surface area (Å²) < 4.78 is 28.5. The van der Waals surface area contributed by atoms with Gasteiger partial charge in [-0.1, -0.05) is 60.7 Å². The van der Waals surface area contributed by atoms with Crippen molar-refractivity contribution in [1.29, 1.82) is 0 Å². The predicted octanol–water partition coefficient (Wildman–Crippen LogP) is 6.81. The van der Waals surface area contributed by atoms with Gasteiger partial charge in [-0.15, -0.1) is 0 Å². The van der Waals surface area contributed by atoms with E-state index in [1.54, 1.807) is 12.1 Å². The van der Waals surface area contributed by atoms with Crippen molar-refractivity contribution in [3.63, 3.8) is 0 Å². The summed E-state index contributed by atoms with van der Waals surface area (Å²) in [6, 6.07) is 30.3. The maximum atomic E-state index is 12.9. The minimum absolute atomic E-state index is 0.131. The molecule has 0 bridgehead atoms. The van der Waals surface area contributed by atoms with Crippen molar-refractivity contribution in [2.45, 2.75) is 44.6 Å². The quantitative estimate of drug-likeness (QED) is 0.233. The van der Waals surface area contributed by atoms with Crippen LogP contribution in [0.3, 0.4) is 0 Å². The molecular formula is C34H37N3O3S. The fourth-order valence-corrected chi connectivity index (χ4v) is 6.61. The molecule has 4 aromatic carbocycles. The lowest BCUT2D eigenvalue weighted by molar-refractivity contribution is 0.102. The number of likely N-dealkylation sites (tertiary alicyclic amines) is 1. The molecule has 0 aromatic heterocycles. The van der Waals surface area contributed by atoms with Gasteiger partial charge in [-0.2, -0.15) is 0 Å². The minimum Gasteiger partial charge on any atom is -0.322 e. The lowest BCUT2D eigenvalue weighted by Gasteiger charge is -2.32. The molecule has 0 saturated carbocycles. The number of hydrogen-bond donors (Lipinski definition) is 2. The van der Waals surface area contributed by atoms with Gasteiger partial charge in [0, 0.05) is 17.8 Å². The van der Waals surface area contributed by atoms with Gasteiger partial charge in [0.05, 0.1) is 10.6 Å². The first-order chi connectivity index (χ1) is 19.8. The molecule has 1 fully saturated rings. The van der Waals surface area contributed by atoms with Crippen LogP contribution < -0.4 is 10.0 Å². The summed E-state index contributed by atoms with van der Waals surface area (Å²) in [4.78, 5) is 15.5. The fraction of sp³-hybridized carbons (Fsp3) is 0.265. The van der Waals surface area contributed by atoms with E-state index < -0.39 is 10.0 Å². The molecule has 7 heteroatoms. The molecule has 0 atom stereocenters. The monoisotopic (exact) mass is 567 g/mol. The Morgan fingerprint density at radius 3 is 2.05 bits per heavy atom. The van der Waals surface area contributed by atoms with Crippen molar-refractivity contribution in [3.8, 4) is 0 Å². The lowest BCUT2D eigenvalue weighted by atomic mass is 9.90. The topological polar surface area (TPSA) is 78.5 Å². The predicted molar refractivity (Wildman–Crippen MR) is 166 cm³/mol. The van der Waals surface area contributed by atoms with Crippen LogP contribution in [0, 0.1) is 19.8 Å². The molecule has 6 nitrogen and oxygen atoms in total. The van der Waals surface area contributed by atoms with Crippen molar-refractivity contribution in [1.82, 2.24) is 4.90 Å². The van der Waals surface area contributed by atoms with E-state index in [-0.39, 0.29) is 10.8 Å². The summed E-state index contributed by atoms with van der Waals surface area (Å²) in [5.74, 6) is 0.505. The molecule has 1 aliphatic rings. The maximum Gasteiger partial charge on any atom is 0.261 e. The first-order valence-electron chi connectivity index (χ1n) is 14.1. The van der Waals surface area contributed by atoms with Crippen molar-refractivity contribution in [2.24, 2.45) is 5.92 Å². The minimum atomic E-state index is -3.76. The molecule has 0 spiro atoms. The zero-order valence-electron chi connectivity index (χ0n) is 23.6. The van der Waals surface area contributed by atoms with Gasteiger partial charge in [-0.25, -0.2) is 8.42 Å². The Hall–Kier alpha value is -3.94. The molecule has 1 heterocycles. The average molecular weight is 568 g/mol. The number of rotatable bonds is 9. The van der Waals surface area contributed by atoms with E-state index in [1.807, 2.05) is 56.3 Å². The number of piperidine rings is 1. The number of sulfonamides is 1. The Kier molecular flexibility index (Phi) is 8.86. The second-order valence-electron chi connectivity index (χ2n) is 11.0. The highest BCUT2D eigenvalue weighted by Crippen LogP contribution is 2.25. The Bertz CT molecular complexity index is 1560. The molecule has 2 N–H and O–H groups in total. The van der Waals surface area contributed by atoms with Crippen LogP contribution in [0.4, 0.5) is 11.4 Å². The number of nitrogens with zero attached hydrogens (tertiary/aromatic N) is 1. The second-order valence-corrected chi connectivity index (χ2v) is 12.6.